The second kappa shape index (κ2) is 14.9. The summed E-state index contributed by atoms with van der Waals surface area (Å²) in [6.07, 6.45) is 0. The van der Waals surface area contributed by atoms with E-state index in [1.807, 2.05) is 48.5 Å². The SMILES string of the molecule is c1ccc(-c2nc(-c3ccc(-n4c5ccccc5c5ccccc54)c(-c4nc(-c5ccccc5)c5sc6ccccc6c5n4)c3)nc(-c3ccccc3-c3ccccc3)n2)cc1. The van der Waals surface area contributed by atoms with Crippen molar-refractivity contribution in [2.24, 2.45) is 0 Å². The Labute approximate surface area is 361 Å². The molecule has 0 aliphatic rings. The van der Waals surface area contributed by atoms with E-state index in [2.05, 4.69) is 162 Å². The number of aromatic nitrogens is 6. The van der Waals surface area contributed by atoms with Crippen LogP contribution in [0.25, 0.3) is 116 Å². The van der Waals surface area contributed by atoms with Crippen LogP contribution in [0.15, 0.2) is 206 Å². The fourth-order valence-corrected chi connectivity index (χ4v) is 9.78. The number of hydrogen-bond acceptors (Lipinski definition) is 6. The van der Waals surface area contributed by atoms with E-state index in [1.165, 1.54) is 15.5 Å². The number of nitrogens with zero attached hydrogens (tertiary/aromatic N) is 6. The van der Waals surface area contributed by atoms with Crippen LogP contribution in [0.2, 0.25) is 0 Å². The average molecular weight is 811 g/mol. The van der Waals surface area contributed by atoms with Gasteiger partial charge in [0, 0.05) is 48.7 Å². The Hall–Kier alpha value is -8.13. The standard InChI is InChI=1S/C55H34N6S/c1-4-18-35(19-5-1)39-24-10-11-27-42(39)54-59-52(37-22-8-3-9-23-37)58-53(60-54)38-32-33-47(61-45-29-15-12-25-40(45)41-26-13-16-30-46(41)61)44(34-38)55-56-49(36-20-6-2-7-21-36)51-50(57-55)43-28-14-17-31-48(43)62-51/h1-34H. The molecule has 0 radical (unpaired) electrons. The third-order valence-corrected chi connectivity index (χ3v) is 12.7. The highest BCUT2D eigenvalue weighted by Gasteiger charge is 2.23. The molecule has 0 unspecified atom stereocenters. The van der Waals surface area contributed by atoms with Crippen LogP contribution in [0.1, 0.15) is 0 Å². The summed E-state index contributed by atoms with van der Waals surface area (Å²) in [6.45, 7) is 0. The van der Waals surface area contributed by atoms with Crippen LogP contribution in [-0.4, -0.2) is 29.5 Å². The third-order valence-electron chi connectivity index (χ3n) is 11.5. The summed E-state index contributed by atoms with van der Waals surface area (Å²) >= 11 is 1.73. The Kier molecular flexibility index (Phi) is 8.57. The van der Waals surface area contributed by atoms with Crippen molar-refractivity contribution >= 4 is 53.4 Å². The van der Waals surface area contributed by atoms with Crippen molar-refractivity contribution in [3.63, 3.8) is 0 Å². The molecule has 290 valence electrons. The fourth-order valence-electron chi connectivity index (χ4n) is 8.62. The molecule has 0 spiro atoms. The maximum absolute atomic E-state index is 5.51. The minimum absolute atomic E-state index is 0.553. The molecule has 0 N–H and O–H groups in total. The van der Waals surface area contributed by atoms with Crippen LogP contribution in [0.5, 0.6) is 0 Å². The summed E-state index contributed by atoms with van der Waals surface area (Å²) < 4.78 is 4.57. The molecule has 7 heteroatoms. The van der Waals surface area contributed by atoms with Crippen LogP contribution in [0, 0.1) is 0 Å². The highest BCUT2D eigenvalue weighted by molar-refractivity contribution is 7.26. The molecule has 4 aromatic heterocycles. The van der Waals surface area contributed by atoms with Gasteiger partial charge in [0.2, 0.25) is 0 Å². The summed E-state index contributed by atoms with van der Waals surface area (Å²) in [6, 6.07) is 71.4. The normalized spacial score (nSPS) is 11.5. The van der Waals surface area contributed by atoms with E-state index in [-0.39, 0.29) is 0 Å². The number of hydrogen-bond donors (Lipinski definition) is 0. The first-order chi connectivity index (χ1) is 30.7. The Morgan fingerprint density at radius 2 is 0.855 bits per heavy atom. The van der Waals surface area contributed by atoms with Crippen LogP contribution in [0.3, 0.4) is 0 Å². The van der Waals surface area contributed by atoms with E-state index >= 15 is 0 Å². The minimum Gasteiger partial charge on any atom is -0.309 e. The van der Waals surface area contributed by atoms with E-state index in [9.17, 15) is 0 Å². The van der Waals surface area contributed by atoms with Crippen molar-refractivity contribution in [2.75, 3.05) is 0 Å². The Bertz CT molecular complexity index is 3580. The summed E-state index contributed by atoms with van der Waals surface area (Å²) in [5.74, 6) is 2.35. The summed E-state index contributed by atoms with van der Waals surface area (Å²) in [7, 11) is 0. The summed E-state index contributed by atoms with van der Waals surface area (Å²) in [4.78, 5) is 26.6. The van der Waals surface area contributed by atoms with Gasteiger partial charge in [-0.15, -0.1) is 11.3 Å². The van der Waals surface area contributed by atoms with Gasteiger partial charge < -0.3 is 4.57 Å². The largest absolute Gasteiger partial charge is 0.309 e. The topological polar surface area (TPSA) is 69.4 Å². The quantitative estimate of drug-likeness (QED) is 0.160. The van der Waals surface area contributed by atoms with Gasteiger partial charge in [-0.2, -0.15) is 0 Å². The summed E-state index contributed by atoms with van der Waals surface area (Å²) in [5.41, 5.74) is 11.7. The van der Waals surface area contributed by atoms with Gasteiger partial charge >= 0.3 is 0 Å². The lowest BCUT2D eigenvalue weighted by Gasteiger charge is -2.16. The molecule has 12 aromatic rings. The molecule has 62 heavy (non-hydrogen) atoms. The molecular weight excluding hydrogens is 777 g/mol. The van der Waals surface area contributed by atoms with Gasteiger partial charge in [0.05, 0.1) is 32.6 Å². The van der Waals surface area contributed by atoms with Crippen molar-refractivity contribution < 1.29 is 0 Å². The zero-order valence-corrected chi connectivity index (χ0v) is 34.0. The van der Waals surface area contributed by atoms with Gasteiger partial charge in [-0.25, -0.2) is 24.9 Å². The molecule has 0 saturated carbocycles. The highest BCUT2D eigenvalue weighted by atomic mass is 32.1. The van der Waals surface area contributed by atoms with Crippen molar-refractivity contribution in [1.29, 1.82) is 0 Å². The van der Waals surface area contributed by atoms with Crippen molar-refractivity contribution in [3.8, 4) is 73.6 Å². The molecule has 0 fully saturated rings. The van der Waals surface area contributed by atoms with Gasteiger partial charge in [0.1, 0.15) is 0 Å². The van der Waals surface area contributed by atoms with Crippen LogP contribution >= 0.6 is 11.3 Å². The molecule has 0 bridgehead atoms. The smallest absolute Gasteiger partial charge is 0.164 e. The Morgan fingerprint density at radius 3 is 1.55 bits per heavy atom. The summed E-state index contributed by atoms with van der Waals surface area (Å²) in [5, 5.41) is 3.46. The molecule has 0 atom stereocenters. The molecule has 0 saturated heterocycles. The molecule has 8 aromatic carbocycles. The molecule has 0 aliphatic carbocycles. The number of fused-ring (bicyclic) bond motifs is 6. The number of benzene rings is 8. The molecule has 6 nitrogen and oxygen atoms in total. The highest BCUT2D eigenvalue weighted by Crippen LogP contribution is 2.42. The van der Waals surface area contributed by atoms with E-state index in [0.29, 0.717) is 23.3 Å². The average Bonchev–Trinajstić information content (AvgIpc) is 3.90. The predicted octanol–water partition coefficient (Wildman–Crippen LogP) is 14.1. The maximum atomic E-state index is 5.51. The molecule has 4 heterocycles. The fraction of sp³-hybridized carbons (Fsp3) is 0. The number of thiophene rings is 1. The predicted molar refractivity (Wildman–Crippen MR) is 255 cm³/mol. The molecule has 0 amide bonds. The first-order valence-electron chi connectivity index (χ1n) is 20.6. The van der Waals surface area contributed by atoms with Gasteiger partial charge in [-0.3, -0.25) is 0 Å². The van der Waals surface area contributed by atoms with Crippen LogP contribution in [-0.2, 0) is 0 Å². The zero-order valence-electron chi connectivity index (χ0n) is 33.2. The van der Waals surface area contributed by atoms with Crippen LogP contribution in [0.4, 0.5) is 0 Å². The van der Waals surface area contributed by atoms with Gasteiger partial charge in [0.15, 0.2) is 23.3 Å². The monoisotopic (exact) mass is 810 g/mol. The first-order valence-corrected chi connectivity index (χ1v) is 21.4. The lowest BCUT2D eigenvalue weighted by atomic mass is 9.99. The lowest BCUT2D eigenvalue weighted by Crippen LogP contribution is -2.04. The second-order valence-corrected chi connectivity index (χ2v) is 16.3. The van der Waals surface area contributed by atoms with Gasteiger partial charge in [-0.05, 0) is 47.5 Å². The van der Waals surface area contributed by atoms with E-state index in [1.54, 1.807) is 11.3 Å². The molecular formula is C55H34N6S. The van der Waals surface area contributed by atoms with Gasteiger partial charge in [0.25, 0.3) is 0 Å². The Balaban J connectivity index is 1.16. The molecule has 0 aliphatic heterocycles. The van der Waals surface area contributed by atoms with Gasteiger partial charge in [-0.1, -0.05) is 170 Å². The maximum Gasteiger partial charge on any atom is 0.164 e. The third kappa shape index (κ3) is 6.06. The van der Waals surface area contributed by atoms with E-state index < -0.39 is 0 Å². The second-order valence-electron chi connectivity index (χ2n) is 15.2. The number of rotatable bonds is 7. The minimum atomic E-state index is 0.553. The molecule has 12 rings (SSSR count). The van der Waals surface area contributed by atoms with Crippen LogP contribution < -0.4 is 0 Å². The number of para-hydroxylation sites is 2. The van der Waals surface area contributed by atoms with Crippen molar-refractivity contribution in [2.45, 2.75) is 0 Å². The zero-order chi connectivity index (χ0) is 41.0. The Morgan fingerprint density at radius 1 is 0.339 bits per heavy atom. The van der Waals surface area contributed by atoms with Crippen molar-refractivity contribution in [3.05, 3.63) is 206 Å². The van der Waals surface area contributed by atoms with Crippen molar-refractivity contribution in [1.82, 2.24) is 29.5 Å². The van der Waals surface area contributed by atoms with E-state index in [0.717, 1.165) is 77.0 Å². The van der Waals surface area contributed by atoms with E-state index in [4.69, 9.17) is 24.9 Å². The lowest BCUT2D eigenvalue weighted by molar-refractivity contribution is 1.07. The first kappa shape index (κ1) is 35.8.